The Balaban J connectivity index is 1.46. The number of nitrogens with two attached hydrogens (primary N) is 1. The van der Waals surface area contributed by atoms with Crippen molar-refractivity contribution >= 4 is 54.0 Å². The fourth-order valence-electron chi connectivity index (χ4n) is 4.96. The Hall–Kier alpha value is -4.11. The summed E-state index contributed by atoms with van der Waals surface area (Å²) < 4.78 is 102. The van der Waals surface area contributed by atoms with Crippen LogP contribution in [0.25, 0.3) is 32.2 Å². The average Bonchev–Trinajstić information content (AvgIpc) is 3.34. The summed E-state index contributed by atoms with van der Waals surface area (Å²) in [5.74, 6) is -7.16. The molecule has 0 bridgehead atoms. The number of hydrogen-bond donors (Lipinski definition) is 2. The van der Waals surface area contributed by atoms with Gasteiger partial charge in [0.05, 0.1) is 38.1 Å². The molecule has 0 radical (unpaired) electrons. The average molecular weight is 608 g/mol. The molecule has 1 saturated carbocycles. The lowest BCUT2D eigenvalue weighted by Gasteiger charge is -2.35. The van der Waals surface area contributed by atoms with E-state index in [0.29, 0.717) is 4.70 Å². The van der Waals surface area contributed by atoms with Crippen LogP contribution in [0.15, 0.2) is 57.8 Å². The van der Waals surface area contributed by atoms with Crippen LogP contribution in [0.5, 0.6) is 0 Å². The SMILES string of the molecule is Nc1cc2c(cn1)cc(-c1c(F)ccc(NS(=O)(=O)c3cc4scnc4cc3F)c1F)c(=O)n2CC1CC(F)(F)C1. The molecule has 0 atom stereocenters. The highest BCUT2D eigenvalue weighted by atomic mass is 32.2. The number of rotatable bonds is 6. The molecule has 0 amide bonds. The van der Waals surface area contributed by atoms with Crippen LogP contribution >= 0.6 is 11.3 Å². The van der Waals surface area contributed by atoms with E-state index in [0.717, 1.165) is 46.2 Å². The number of halogens is 5. The Morgan fingerprint density at radius 1 is 1.07 bits per heavy atom. The number of anilines is 2. The number of fused-ring (bicyclic) bond motifs is 2. The summed E-state index contributed by atoms with van der Waals surface area (Å²) >= 11 is 1.07. The van der Waals surface area contributed by atoms with E-state index in [4.69, 9.17) is 5.73 Å². The quantitative estimate of drug-likeness (QED) is 0.246. The van der Waals surface area contributed by atoms with Gasteiger partial charge in [-0.15, -0.1) is 11.3 Å². The van der Waals surface area contributed by atoms with E-state index >= 15 is 8.78 Å². The largest absolute Gasteiger partial charge is 0.384 e. The van der Waals surface area contributed by atoms with Crippen molar-refractivity contribution in [1.29, 1.82) is 0 Å². The highest BCUT2D eigenvalue weighted by Gasteiger charge is 2.45. The summed E-state index contributed by atoms with van der Waals surface area (Å²) in [6.45, 7) is -0.170. The summed E-state index contributed by atoms with van der Waals surface area (Å²) in [5.41, 5.74) is 4.61. The first-order chi connectivity index (χ1) is 19.3. The predicted molar refractivity (Wildman–Crippen MR) is 144 cm³/mol. The molecule has 1 aliphatic carbocycles. The maximum Gasteiger partial charge on any atom is 0.264 e. The molecule has 3 heterocycles. The lowest BCUT2D eigenvalue weighted by Crippen LogP contribution is -2.39. The van der Waals surface area contributed by atoms with Gasteiger partial charge in [0, 0.05) is 43.1 Å². The second kappa shape index (κ2) is 9.48. The minimum Gasteiger partial charge on any atom is -0.384 e. The van der Waals surface area contributed by atoms with Crippen LogP contribution in [0, 0.1) is 23.4 Å². The zero-order valence-corrected chi connectivity index (χ0v) is 22.3. The summed E-state index contributed by atoms with van der Waals surface area (Å²) in [6.07, 6.45) is 0.339. The first kappa shape index (κ1) is 27.1. The van der Waals surface area contributed by atoms with Crippen LogP contribution in [-0.4, -0.2) is 28.9 Å². The molecule has 0 aliphatic heterocycles. The van der Waals surface area contributed by atoms with Crippen molar-refractivity contribution in [2.45, 2.75) is 30.2 Å². The van der Waals surface area contributed by atoms with E-state index in [9.17, 15) is 26.4 Å². The van der Waals surface area contributed by atoms with Crippen molar-refractivity contribution in [3.05, 3.63) is 75.9 Å². The Labute approximate surface area is 232 Å². The number of hydrogen-bond acceptors (Lipinski definition) is 7. The maximum atomic E-state index is 15.8. The summed E-state index contributed by atoms with van der Waals surface area (Å²) in [5, 5.41) is 0.240. The van der Waals surface area contributed by atoms with Crippen molar-refractivity contribution in [3.8, 4) is 11.1 Å². The van der Waals surface area contributed by atoms with Gasteiger partial charge in [0.2, 0.25) is 5.92 Å². The summed E-state index contributed by atoms with van der Waals surface area (Å²) in [4.78, 5) is 20.7. The van der Waals surface area contributed by atoms with Gasteiger partial charge in [-0.2, -0.15) is 0 Å². The normalized spacial score (nSPS) is 15.3. The first-order valence-electron chi connectivity index (χ1n) is 12.0. The molecule has 1 fully saturated rings. The molecule has 41 heavy (non-hydrogen) atoms. The fraction of sp³-hybridized carbons (Fsp3) is 0.192. The Morgan fingerprint density at radius 3 is 2.56 bits per heavy atom. The van der Waals surface area contributed by atoms with Gasteiger partial charge in [0.15, 0.2) is 5.82 Å². The molecule has 212 valence electrons. The Bertz CT molecular complexity index is 2040. The lowest BCUT2D eigenvalue weighted by molar-refractivity contribution is -0.113. The van der Waals surface area contributed by atoms with Gasteiger partial charge >= 0.3 is 0 Å². The van der Waals surface area contributed by atoms with Crippen LogP contribution < -0.4 is 16.0 Å². The van der Waals surface area contributed by atoms with Crippen LogP contribution in [0.2, 0.25) is 0 Å². The standard InChI is InChI=1S/C26H18F5N5O3S2/c27-15-1-2-17(35-41(38,39)21-6-20-18(4-16(21)28)34-11-40-20)24(29)23(15)14-3-13-9-33-22(32)5-19(13)36(25(14)37)10-12-7-26(30,31)8-12/h1-6,9,11-12,35H,7-8,10H2,(H2,32,33). The van der Waals surface area contributed by atoms with E-state index in [1.54, 1.807) is 0 Å². The number of alkyl halides is 2. The third-order valence-electron chi connectivity index (χ3n) is 6.89. The molecule has 5 aromatic rings. The molecule has 3 N–H and O–H groups in total. The van der Waals surface area contributed by atoms with Gasteiger partial charge in [-0.3, -0.25) is 9.52 Å². The molecule has 15 heteroatoms. The third kappa shape index (κ3) is 4.78. The van der Waals surface area contributed by atoms with Crippen LogP contribution in [0.3, 0.4) is 0 Å². The molecule has 8 nitrogen and oxygen atoms in total. The number of nitrogens with zero attached hydrogens (tertiary/aromatic N) is 3. The van der Waals surface area contributed by atoms with E-state index in [1.807, 2.05) is 4.72 Å². The zero-order valence-electron chi connectivity index (χ0n) is 20.7. The molecular weight excluding hydrogens is 589 g/mol. The molecular formula is C26H18F5N5O3S2. The van der Waals surface area contributed by atoms with Crippen LogP contribution in [0.4, 0.5) is 33.5 Å². The van der Waals surface area contributed by atoms with Gasteiger partial charge in [-0.1, -0.05) is 0 Å². The van der Waals surface area contributed by atoms with Gasteiger partial charge in [0.25, 0.3) is 15.6 Å². The number of thiazole rings is 1. The number of nitrogen functional groups attached to an aromatic ring is 1. The van der Waals surface area contributed by atoms with E-state index in [2.05, 4.69) is 9.97 Å². The van der Waals surface area contributed by atoms with Crippen molar-refractivity contribution in [2.24, 2.45) is 5.92 Å². The summed E-state index contributed by atoms with van der Waals surface area (Å²) in [6, 6.07) is 6.02. The number of nitrogens with one attached hydrogen (secondary N) is 1. The van der Waals surface area contributed by atoms with Gasteiger partial charge in [0.1, 0.15) is 22.3 Å². The summed E-state index contributed by atoms with van der Waals surface area (Å²) in [7, 11) is -4.71. The predicted octanol–water partition coefficient (Wildman–Crippen LogP) is 5.52. The smallest absolute Gasteiger partial charge is 0.264 e. The van der Waals surface area contributed by atoms with Crippen LogP contribution in [0.1, 0.15) is 12.8 Å². The maximum absolute atomic E-state index is 15.8. The van der Waals surface area contributed by atoms with E-state index < -0.39 is 79.4 Å². The Morgan fingerprint density at radius 2 is 1.83 bits per heavy atom. The minimum atomic E-state index is -4.71. The molecule has 3 aromatic heterocycles. The highest BCUT2D eigenvalue weighted by molar-refractivity contribution is 7.92. The van der Waals surface area contributed by atoms with Crippen molar-refractivity contribution in [3.63, 3.8) is 0 Å². The number of pyridine rings is 2. The van der Waals surface area contributed by atoms with E-state index in [1.165, 1.54) is 17.8 Å². The van der Waals surface area contributed by atoms with Crippen LogP contribution in [-0.2, 0) is 16.6 Å². The third-order valence-corrected chi connectivity index (χ3v) is 9.07. The molecule has 0 unspecified atom stereocenters. The van der Waals surface area contributed by atoms with E-state index in [-0.39, 0.29) is 28.8 Å². The number of aromatic nitrogens is 3. The second-order valence-corrected chi connectivity index (χ2v) is 12.3. The van der Waals surface area contributed by atoms with Crippen molar-refractivity contribution < 1.29 is 30.4 Å². The zero-order chi connectivity index (χ0) is 29.3. The fourth-order valence-corrected chi connectivity index (χ4v) is 6.88. The monoisotopic (exact) mass is 607 g/mol. The number of benzene rings is 2. The molecule has 2 aromatic carbocycles. The van der Waals surface area contributed by atoms with Crippen molar-refractivity contribution in [2.75, 3.05) is 10.5 Å². The lowest BCUT2D eigenvalue weighted by atomic mass is 9.81. The topological polar surface area (TPSA) is 120 Å². The second-order valence-electron chi connectivity index (χ2n) is 9.76. The first-order valence-corrected chi connectivity index (χ1v) is 14.4. The van der Waals surface area contributed by atoms with Gasteiger partial charge < -0.3 is 10.3 Å². The highest BCUT2D eigenvalue weighted by Crippen LogP contribution is 2.43. The molecule has 1 aliphatic rings. The number of sulfonamides is 1. The minimum absolute atomic E-state index is 0.0369. The van der Waals surface area contributed by atoms with Gasteiger partial charge in [-0.05, 0) is 30.2 Å². The Kier molecular flexibility index (Phi) is 6.26. The molecule has 0 saturated heterocycles. The van der Waals surface area contributed by atoms with Gasteiger partial charge in [-0.25, -0.2) is 40.3 Å². The molecule has 0 spiro atoms. The molecule has 6 rings (SSSR count). The van der Waals surface area contributed by atoms with Crippen molar-refractivity contribution in [1.82, 2.24) is 14.5 Å².